The third kappa shape index (κ3) is 15.8. The predicted octanol–water partition coefficient (Wildman–Crippen LogP) is 7.07. The molecule has 0 atom stereocenters. The van der Waals surface area contributed by atoms with Gasteiger partial charge < -0.3 is 9.59 Å². The Kier molecular flexibility index (Phi) is 15.7. The van der Waals surface area contributed by atoms with E-state index in [-0.39, 0.29) is 0 Å². The van der Waals surface area contributed by atoms with E-state index >= 15 is 0 Å². The molecule has 2 heteroatoms. The van der Waals surface area contributed by atoms with Crippen molar-refractivity contribution < 1.29 is 9.59 Å². The van der Waals surface area contributed by atoms with E-state index in [2.05, 4.69) is 52.0 Å². The molecule has 0 aromatic carbocycles. The molecule has 0 heterocycles. The van der Waals surface area contributed by atoms with Crippen LogP contribution >= 0.6 is 0 Å². The van der Waals surface area contributed by atoms with Gasteiger partial charge in [0.15, 0.2) is 0 Å². The summed E-state index contributed by atoms with van der Waals surface area (Å²) in [5, 5.41) is 0. The van der Waals surface area contributed by atoms with Crippen LogP contribution in [0.5, 0.6) is 0 Å². The minimum absolute atomic E-state index is 0.636. The summed E-state index contributed by atoms with van der Waals surface area (Å²) in [6, 6.07) is 0. The summed E-state index contributed by atoms with van der Waals surface area (Å²) >= 11 is 0. The van der Waals surface area contributed by atoms with E-state index in [0.29, 0.717) is 12.8 Å². The first kappa shape index (κ1) is 24.3. The van der Waals surface area contributed by atoms with Crippen LogP contribution in [0.3, 0.4) is 0 Å². The monoisotopic (exact) mass is 358 g/mol. The van der Waals surface area contributed by atoms with Gasteiger partial charge in [0, 0.05) is 12.8 Å². The molecule has 0 bridgehead atoms. The standard InChI is InChI=1S/C24H38O2/c1-21(13-7-15-23(3)17-9-19-25)11-5-6-12-22(2)14-8-16-24(4)18-10-20-26/h11-12,15-16,19-20H,5-10,13-14,17-18H2,1-4H3. The fourth-order valence-corrected chi connectivity index (χ4v) is 2.73. The first-order valence-corrected chi connectivity index (χ1v) is 9.99. The summed E-state index contributed by atoms with van der Waals surface area (Å²) in [5.41, 5.74) is 5.53. The van der Waals surface area contributed by atoms with Crippen molar-refractivity contribution in [3.05, 3.63) is 46.6 Å². The maximum absolute atomic E-state index is 10.4. The molecule has 0 amide bonds. The Balaban J connectivity index is 3.98. The van der Waals surface area contributed by atoms with E-state index in [0.717, 1.165) is 63.9 Å². The molecule has 0 aliphatic rings. The normalized spacial score (nSPS) is 13.8. The van der Waals surface area contributed by atoms with Crippen LogP contribution in [0.1, 0.15) is 91.9 Å². The van der Waals surface area contributed by atoms with Gasteiger partial charge in [-0.25, -0.2) is 0 Å². The number of hydrogen-bond donors (Lipinski definition) is 0. The molecular weight excluding hydrogens is 320 g/mol. The quantitative estimate of drug-likeness (QED) is 0.178. The van der Waals surface area contributed by atoms with Gasteiger partial charge in [-0.05, 0) is 79.1 Å². The summed E-state index contributed by atoms with van der Waals surface area (Å²) in [5.74, 6) is 0. The topological polar surface area (TPSA) is 34.1 Å². The molecule has 0 spiro atoms. The average Bonchev–Trinajstić information content (AvgIpc) is 2.61. The van der Waals surface area contributed by atoms with E-state index in [1.165, 1.54) is 22.3 Å². The van der Waals surface area contributed by atoms with Crippen molar-refractivity contribution in [3.63, 3.8) is 0 Å². The molecular formula is C24H38O2. The summed E-state index contributed by atoms with van der Waals surface area (Å²) in [6.45, 7) is 8.63. The highest BCUT2D eigenvalue weighted by molar-refractivity contribution is 5.50. The van der Waals surface area contributed by atoms with Gasteiger partial charge in [-0.1, -0.05) is 46.6 Å². The number of hydrogen-bond acceptors (Lipinski definition) is 2. The number of carbonyl (C=O) groups is 2. The van der Waals surface area contributed by atoms with Crippen LogP contribution in [-0.4, -0.2) is 12.6 Å². The lowest BCUT2D eigenvalue weighted by atomic mass is 10.0. The Morgan fingerprint density at radius 1 is 0.462 bits per heavy atom. The Labute approximate surface area is 161 Å². The molecule has 0 saturated heterocycles. The third-order valence-corrected chi connectivity index (χ3v) is 4.53. The van der Waals surface area contributed by atoms with Crippen LogP contribution in [-0.2, 0) is 9.59 Å². The predicted molar refractivity (Wildman–Crippen MR) is 113 cm³/mol. The molecule has 0 aliphatic heterocycles. The van der Waals surface area contributed by atoms with Crippen molar-refractivity contribution in [2.75, 3.05) is 0 Å². The van der Waals surface area contributed by atoms with Gasteiger partial charge in [0.2, 0.25) is 0 Å². The Hall–Kier alpha value is -1.70. The molecule has 146 valence electrons. The number of rotatable bonds is 15. The van der Waals surface area contributed by atoms with Crippen molar-refractivity contribution in [1.82, 2.24) is 0 Å². The van der Waals surface area contributed by atoms with Gasteiger partial charge in [-0.15, -0.1) is 0 Å². The summed E-state index contributed by atoms with van der Waals surface area (Å²) in [6.07, 6.45) is 20.8. The SMILES string of the molecule is CC(=CCCC=C(C)CCC=C(C)CCC=O)CCC=C(C)CCC=O. The van der Waals surface area contributed by atoms with Crippen LogP contribution in [0, 0.1) is 0 Å². The summed E-state index contributed by atoms with van der Waals surface area (Å²) < 4.78 is 0. The van der Waals surface area contributed by atoms with Gasteiger partial charge >= 0.3 is 0 Å². The van der Waals surface area contributed by atoms with Gasteiger partial charge in [0.05, 0.1) is 0 Å². The molecule has 0 aromatic heterocycles. The van der Waals surface area contributed by atoms with E-state index in [1.54, 1.807) is 0 Å². The molecule has 0 aromatic rings. The molecule has 0 unspecified atom stereocenters. The zero-order valence-corrected chi connectivity index (χ0v) is 17.4. The largest absolute Gasteiger partial charge is 0.303 e. The second-order valence-corrected chi connectivity index (χ2v) is 7.27. The van der Waals surface area contributed by atoms with Crippen molar-refractivity contribution in [1.29, 1.82) is 0 Å². The van der Waals surface area contributed by atoms with E-state index in [4.69, 9.17) is 0 Å². The number of aldehydes is 2. The molecule has 0 rings (SSSR count). The van der Waals surface area contributed by atoms with Gasteiger partial charge in [0.1, 0.15) is 12.6 Å². The van der Waals surface area contributed by atoms with Gasteiger partial charge in [-0.3, -0.25) is 0 Å². The van der Waals surface area contributed by atoms with Crippen molar-refractivity contribution in [3.8, 4) is 0 Å². The first-order valence-electron chi connectivity index (χ1n) is 9.99. The Morgan fingerprint density at radius 3 is 1.04 bits per heavy atom. The maximum Gasteiger partial charge on any atom is 0.120 e. The van der Waals surface area contributed by atoms with Crippen LogP contribution in [0.15, 0.2) is 46.6 Å². The van der Waals surface area contributed by atoms with Crippen LogP contribution in [0.4, 0.5) is 0 Å². The minimum Gasteiger partial charge on any atom is -0.303 e. The van der Waals surface area contributed by atoms with Gasteiger partial charge in [-0.2, -0.15) is 0 Å². The van der Waals surface area contributed by atoms with Crippen molar-refractivity contribution >= 4 is 12.6 Å². The Bertz CT molecular complexity index is 470. The zero-order valence-electron chi connectivity index (χ0n) is 17.4. The molecule has 0 radical (unpaired) electrons. The zero-order chi connectivity index (χ0) is 19.6. The highest BCUT2D eigenvalue weighted by Gasteiger charge is 1.94. The lowest BCUT2D eigenvalue weighted by Gasteiger charge is -2.02. The molecule has 0 aliphatic carbocycles. The second kappa shape index (κ2) is 16.8. The highest BCUT2D eigenvalue weighted by Crippen LogP contribution is 2.13. The highest BCUT2D eigenvalue weighted by atomic mass is 16.1. The van der Waals surface area contributed by atoms with Gasteiger partial charge in [0.25, 0.3) is 0 Å². The minimum atomic E-state index is 0.636. The molecule has 0 saturated carbocycles. The van der Waals surface area contributed by atoms with Crippen molar-refractivity contribution in [2.24, 2.45) is 0 Å². The molecule has 2 nitrogen and oxygen atoms in total. The second-order valence-electron chi connectivity index (χ2n) is 7.27. The fourth-order valence-electron chi connectivity index (χ4n) is 2.73. The average molecular weight is 359 g/mol. The number of carbonyl (C=O) groups excluding carboxylic acids is 2. The van der Waals surface area contributed by atoms with E-state index in [1.807, 2.05) is 0 Å². The lowest BCUT2D eigenvalue weighted by Crippen LogP contribution is -1.83. The lowest BCUT2D eigenvalue weighted by molar-refractivity contribution is -0.108. The smallest absolute Gasteiger partial charge is 0.120 e. The van der Waals surface area contributed by atoms with Crippen LogP contribution in [0.25, 0.3) is 0 Å². The number of allylic oxidation sites excluding steroid dienone is 8. The third-order valence-electron chi connectivity index (χ3n) is 4.53. The van der Waals surface area contributed by atoms with Crippen LogP contribution < -0.4 is 0 Å². The van der Waals surface area contributed by atoms with Crippen LogP contribution in [0.2, 0.25) is 0 Å². The summed E-state index contributed by atoms with van der Waals surface area (Å²) in [7, 11) is 0. The number of unbranched alkanes of at least 4 members (excludes halogenated alkanes) is 1. The fraction of sp³-hybridized carbons (Fsp3) is 0.583. The Morgan fingerprint density at radius 2 is 0.731 bits per heavy atom. The van der Waals surface area contributed by atoms with Crippen molar-refractivity contribution in [2.45, 2.75) is 91.9 Å². The summed E-state index contributed by atoms with van der Waals surface area (Å²) in [4.78, 5) is 20.7. The van der Waals surface area contributed by atoms with E-state index in [9.17, 15) is 9.59 Å². The molecule has 0 fully saturated rings. The first-order chi connectivity index (χ1) is 12.5. The maximum atomic E-state index is 10.4. The molecule has 0 N–H and O–H groups in total. The molecule has 26 heavy (non-hydrogen) atoms. The van der Waals surface area contributed by atoms with E-state index < -0.39 is 0 Å².